The van der Waals surface area contributed by atoms with E-state index in [9.17, 15) is 13.2 Å². The molecule has 1 aromatic carbocycles. The van der Waals surface area contributed by atoms with E-state index < -0.39 is 11.7 Å². The predicted molar refractivity (Wildman–Crippen MR) is 64.9 cm³/mol. The zero-order chi connectivity index (χ0) is 13.3. The van der Waals surface area contributed by atoms with E-state index in [-0.39, 0.29) is 6.54 Å². The summed E-state index contributed by atoms with van der Waals surface area (Å²) >= 11 is 3.26. The van der Waals surface area contributed by atoms with Crippen LogP contribution in [-0.4, -0.2) is 9.78 Å². The number of halogens is 4. The van der Waals surface area contributed by atoms with E-state index in [0.717, 1.165) is 22.4 Å². The summed E-state index contributed by atoms with van der Waals surface area (Å²) < 4.78 is 39.2. The van der Waals surface area contributed by atoms with Gasteiger partial charge in [-0.25, -0.2) is 0 Å². The summed E-state index contributed by atoms with van der Waals surface area (Å²) in [6, 6.07) is 5.22. The second-order valence-electron chi connectivity index (χ2n) is 3.77. The number of nitrogens with zero attached hydrogens (tertiary/aromatic N) is 2. The minimum absolute atomic E-state index is 0.204. The minimum Gasteiger partial charge on any atom is -0.398 e. The molecule has 2 N–H and O–H groups in total. The number of alkyl halides is 3. The highest BCUT2D eigenvalue weighted by molar-refractivity contribution is 9.10. The van der Waals surface area contributed by atoms with Crippen LogP contribution in [0.1, 0.15) is 11.1 Å². The first-order valence-electron chi connectivity index (χ1n) is 5.00. The van der Waals surface area contributed by atoms with Crippen LogP contribution in [0.5, 0.6) is 0 Å². The molecule has 96 valence electrons. The van der Waals surface area contributed by atoms with Gasteiger partial charge < -0.3 is 5.73 Å². The maximum Gasteiger partial charge on any atom is 0.419 e. The van der Waals surface area contributed by atoms with Crippen LogP contribution >= 0.6 is 15.9 Å². The fourth-order valence-electron chi connectivity index (χ4n) is 1.48. The summed E-state index contributed by atoms with van der Waals surface area (Å²) in [5, 5.41) is 3.67. The molecule has 0 aliphatic carbocycles. The molecule has 3 nitrogen and oxygen atoms in total. The molecule has 0 spiro atoms. The number of hydrogen-bond acceptors (Lipinski definition) is 2. The van der Waals surface area contributed by atoms with Crippen molar-refractivity contribution in [3.05, 3.63) is 46.2 Å². The lowest BCUT2D eigenvalue weighted by Gasteiger charge is -2.06. The van der Waals surface area contributed by atoms with Crippen molar-refractivity contribution in [1.29, 1.82) is 0 Å². The van der Waals surface area contributed by atoms with Crippen molar-refractivity contribution in [2.24, 2.45) is 0 Å². The van der Waals surface area contributed by atoms with Crippen LogP contribution in [0, 0.1) is 0 Å². The number of nitrogen functional groups attached to an aromatic ring is 1. The Bertz CT molecular complexity index is 563. The van der Waals surface area contributed by atoms with Crippen molar-refractivity contribution in [3.63, 3.8) is 0 Å². The van der Waals surface area contributed by atoms with E-state index in [4.69, 9.17) is 5.73 Å². The van der Waals surface area contributed by atoms with Crippen molar-refractivity contribution in [2.75, 3.05) is 5.73 Å². The zero-order valence-corrected chi connectivity index (χ0v) is 10.7. The number of rotatable bonds is 2. The molecule has 0 saturated carbocycles. The third-order valence-electron chi connectivity index (χ3n) is 2.40. The van der Waals surface area contributed by atoms with Gasteiger partial charge in [-0.3, -0.25) is 4.68 Å². The number of anilines is 1. The van der Waals surface area contributed by atoms with Crippen LogP contribution in [0.15, 0.2) is 35.1 Å². The topological polar surface area (TPSA) is 43.8 Å². The smallest absolute Gasteiger partial charge is 0.398 e. The van der Waals surface area contributed by atoms with Crippen molar-refractivity contribution in [3.8, 4) is 0 Å². The van der Waals surface area contributed by atoms with Gasteiger partial charge in [0.25, 0.3) is 0 Å². The molecule has 2 rings (SSSR count). The average Bonchev–Trinajstić information content (AvgIpc) is 2.70. The zero-order valence-electron chi connectivity index (χ0n) is 9.08. The Balaban J connectivity index is 2.21. The second-order valence-corrected chi connectivity index (χ2v) is 4.68. The van der Waals surface area contributed by atoms with Crippen molar-refractivity contribution in [2.45, 2.75) is 12.7 Å². The highest BCUT2D eigenvalue weighted by Crippen LogP contribution is 2.28. The largest absolute Gasteiger partial charge is 0.419 e. The fraction of sp³-hybridized carbons (Fsp3) is 0.182. The summed E-state index contributed by atoms with van der Waals surface area (Å²) in [6.45, 7) is 0.204. The molecule has 2 aromatic rings. The van der Waals surface area contributed by atoms with Crippen molar-refractivity contribution in [1.82, 2.24) is 9.78 Å². The summed E-state index contributed by atoms with van der Waals surface area (Å²) in [6.07, 6.45) is -2.61. The molecule has 0 atom stereocenters. The van der Waals surface area contributed by atoms with Crippen LogP contribution in [-0.2, 0) is 12.7 Å². The first-order chi connectivity index (χ1) is 8.36. The van der Waals surface area contributed by atoms with Gasteiger partial charge in [0.1, 0.15) is 0 Å². The van der Waals surface area contributed by atoms with E-state index in [1.54, 1.807) is 18.2 Å². The van der Waals surface area contributed by atoms with Crippen molar-refractivity contribution >= 4 is 21.6 Å². The minimum atomic E-state index is -4.37. The molecule has 0 bridgehead atoms. The van der Waals surface area contributed by atoms with Gasteiger partial charge in [-0.05, 0) is 17.7 Å². The van der Waals surface area contributed by atoms with E-state index in [0.29, 0.717) is 5.69 Å². The molecule has 0 saturated heterocycles. The van der Waals surface area contributed by atoms with Gasteiger partial charge in [-0.15, -0.1) is 0 Å². The van der Waals surface area contributed by atoms with Crippen LogP contribution in [0.3, 0.4) is 0 Å². The Morgan fingerprint density at radius 3 is 2.61 bits per heavy atom. The molecule has 0 radical (unpaired) electrons. The Morgan fingerprint density at radius 1 is 1.33 bits per heavy atom. The quantitative estimate of drug-likeness (QED) is 0.863. The van der Waals surface area contributed by atoms with Gasteiger partial charge >= 0.3 is 6.18 Å². The number of nitrogens with two attached hydrogens (primary N) is 1. The van der Waals surface area contributed by atoms with Crippen LogP contribution in [0.2, 0.25) is 0 Å². The van der Waals surface area contributed by atoms with Gasteiger partial charge in [0, 0.05) is 16.4 Å². The normalized spacial score (nSPS) is 11.8. The molecular weight excluding hydrogens is 311 g/mol. The Hall–Kier alpha value is -1.50. The third kappa shape index (κ3) is 2.84. The number of benzene rings is 1. The lowest BCUT2D eigenvalue weighted by molar-refractivity contribution is -0.137. The first kappa shape index (κ1) is 12.9. The van der Waals surface area contributed by atoms with E-state index in [1.807, 2.05) is 0 Å². The Labute approximate surface area is 110 Å². The molecule has 0 unspecified atom stereocenters. The maximum absolute atomic E-state index is 12.4. The highest BCUT2D eigenvalue weighted by atomic mass is 79.9. The van der Waals surface area contributed by atoms with Crippen molar-refractivity contribution < 1.29 is 13.2 Å². The second kappa shape index (κ2) is 4.64. The summed E-state index contributed by atoms with van der Waals surface area (Å²) in [5.74, 6) is 0. The molecule has 0 aliphatic rings. The van der Waals surface area contributed by atoms with E-state index in [2.05, 4.69) is 21.0 Å². The van der Waals surface area contributed by atoms with Crippen LogP contribution in [0.25, 0.3) is 0 Å². The van der Waals surface area contributed by atoms with Gasteiger partial charge in [-0.1, -0.05) is 22.0 Å². The van der Waals surface area contributed by atoms with E-state index in [1.165, 1.54) is 4.68 Å². The summed E-state index contributed by atoms with van der Waals surface area (Å²) in [5.41, 5.74) is 6.23. The van der Waals surface area contributed by atoms with Gasteiger partial charge in [0.2, 0.25) is 0 Å². The lowest BCUT2D eigenvalue weighted by atomic mass is 10.2. The standard InChI is InChI=1S/C11H9BrF3N3/c12-9-2-1-7(10(16)3-9)5-18-6-8(4-17-18)11(13,14)15/h1-4,6H,5,16H2. The molecular formula is C11H9BrF3N3. The SMILES string of the molecule is Nc1cc(Br)ccc1Cn1cc(C(F)(F)F)cn1. The molecule has 0 amide bonds. The third-order valence-corrected chi connectivity index (χ3v) is 2.89. The van der Waals surface area contributed by atoms with Gasteiger partial charge in [-0.2, -0.15) is 18.3 Å². The first-order valence-corrected chi connectivity index (χ1v) is 5.79. The molecule has 1 heterocycles. The Kier molecular flexibility index (Phi) is 3.34. The molecule has 0 aliphatic heterocycles. The fourth-order valence-corrected chi connectivity index (χ4v) is 1.86. The number of hydrogen-bond donors (Lipinski definition) is 1. The molecule has 0 fully saturated rings. The number of aromatic nitrogens is 2. The molecule has 18 heavy (non-hydrogen) atoms. The van der Waals surface area contributed by atoms with Gasteiger partial charge in [0.15, 0.2) is 0 Å². The van der Waals surface area contributed by atoms with Crippen LogP contribution < -0.4 is 5.73 Å². The molecule has 7 heteroatoms. The predicted octanol–water partition coefficient (Wildman–Crippen LogP) is 3.29. The van der Waals surface area contributed by atoms with Crippen LogP contribution in [0.4, 0.5) is 18.9 Å². The highest BCUT2D eigenvalue weighted by Gasteiger charge is 2.32. The van der Waals surface area contributed by atoms with E-state index >= 15 is 0 Å². The summed E-state index contributed by atoms with van der Waals surface area (Å²) in [4.78, 5) is 0. The summed E-state index contributed by atoms with van der Waals surface area (Å²) in [7, 11) is 0. The molecule has 1 aromatic heterocycles. The lowest BCUT2D eigenvalue weighted by Crippen LogP contribution is -2.05. The Morgan fingerprint density at radius 2 is 2.06 bits per heavy atom. The average molecular weight is 320 g/mol. The maximum atomic E-state index is 12.4. The van der Waals surface area contributed by atoms with Gasteiger partial charge in [0.05, 0.1) is 18.3 Å². The monoisotopic (exact) mass is 319 g/mol.